The number of halogens is 2. The first-order valence-electron chi connectivity index (χ1n) is 9.22. The molecule has 30 heavy (non-hydrogen) atoms. The van der Waals surface area contributed by atoms with Gasteiger partial charge in [0.2, 0.25) is 0 Å². The third-order valence-corrected chi connectivity index (χ3v) is 5.14. The van der Waals surface area contributed by atoms with Crippen LogP contribution >= 0.6 is 0 Å². The van der Waals surface area contributed by atoms with Crippen molar-refractivity contribution in [3.8, 4) is 6.07 Å². The van der Waals surface area contributed by atoms with Gasteiger partial charge in [0.1, 0.15) is 11.4 Å². The number of nitrogens with zero attached hydrogens (tertiary/aromatic N) is 4. The Morgan fingerprint density at radius 3 is 2.63 bits per heavy atom. The molecular weight excluding hydrogens is 398 g/mol. The number of hydrogen-bond acceptors (Lipinski definition) is 5. The van der Waals surface area contributed by atoms with Gasteiger partial charge in [-0.05, 0) is 37.1 Å². The zero-order chi connectivity index (χ0) is 21.8. The third-order valence-electron chi connectivity index (χ3n) is 5.14. The Kier molecular flexibility index (Phi) is 6.15. The van der Waals surface area contributed by atoms with Crippen molar-refractivity contribution in [2.45, 2.75) is 24.9 Å². The van der Waals surface area contributed by atoms with Crippen LogP contribution in [0.2, 0.25) is 0 Å². The summed E-state index contributed by atoms with van der Waals surface area (Å²) in [5, 5.41) is 26.3. The second kappa shape index (κ2) is 8.77. The van der Waals surface area contributed by atoms with Crippen molar-refractivity contribution < 1.29 is 23.5 Å². The number of primary amides is 1. The van der Waals surface area contributed by atoms with Crippen LogP contribution in [0.5, 0.6) is 0 Å². The molecule has 3 unspecified atom stereocenters. The minimum absolute atomic E-state index is 0.0544. The number of piperidine rings is 1. The highest BCUT2D eigenvalue weighted by Gasteiger charge is 2.42. The molecule has 3 rings (SSSR count). The summed E-state index contributed by atoms with van der Waals surface area (Å²) < 4.78 is 27.6. The second-order valence-electron chi connectivity index (χ2n) is 6.90. The number of carbonyl (C=O) groups excluding carboxylic acids is 1. The van der Waals surface area contributed by atoms with Crippen LogP contribution in [0.3, 0.4) is 0 Å². The zero-order valence-corrected chi connectivity index (χ0v) is 15.8. The predicted octanol–water partition coefficient (Wildman–Crippen LogP) is 2.66. The van der Waals surface area contributed by atoms with E-state index in [0.717, 1.165) is 4.90 Å². The molecule has 2 amide bonds. The Bertz CT molecular complexity index is 972. The van der Waals surface area contributed by atoms with E-state index in [-0.39, 0.29) is 30.8 Å². The van der Waals surface area contributed by atoms with E-state index in [4.69, 9.17) is 5.73 Å². The number of likely N-dealkylation sites (tertiary alicyclic amines) is 1. The number of alkyl halides is 1. The van der Waals surface area contributed by atoms with Gasteiger partial charge < -0.3 is 21.1 Å². The molecule has 1 fully saturated rings. The summed E-state index contributed by atoms with van der Waals surface area (Å²) in [7, 11) is 0. The van der Waals surface area contributed by atoms with Gasteiger partial charge in [0.05, 0.1) is 30.7 Å². The van der Waals surface area contributed by atoms with Crippen molar-refractivity contribution in [1.82, 2.24) is 14.7 Å². The predicted molar refractivity (Wildman–Crippen MR) is 102 cm³/mol. The van der Waals surface area contributed by atoms with E-state index in [0.29, 0.717) is 5.69 Å². The van der Waals surface area contributed by atoms with Crippen LogP contribution < -0.4 is 11.1 Å². The van der Waals surface area contributed by atoms with E-state index in [2.05, 4.69) is 16.5 Å². The molecule has 9 nitrogen and oxygen atoms in total. The molecule has 1 saturated heterocycles. The second-order valence-corrected chi connectivity index (χ2v) is 6.90. The molecule has 1 aliphatic heterocycles. The molecule has 0 spiro atoms. The van der Waals surface area contributed by atoms with Crippen molar-refractivity contribution in [1.29, 1.82) is 5.26 Å². The minimum Gasteiger partial charge on any atom is -0.465 e. The Hall–Kier alpha value is -3.68. The Balaban J connectivity index is 1.94. The lowest BCUT2D eigenvalue weighted by atomic mass is 9.84. The van der Waals surface area contributed by atoms with Crippen LogP contribution in [0.25, 0.3) is 0 Å². The van der Waals surface area contributed by atoms with E-state index >= 15 is 0 Å². The first-order chi connectivity index (χ1) is 14.3. The molecule has 2 aromatic rings. The zero-order valence-electron chi connectivity index (χ0n) is 15.8. The molecule has 1 aliphatic rings. The van der Waals surface area contributed by atoms with Crippen LogP contribution in [0.4, 0.5) is 25.1 Å². The van der Waals surface area contributed by atoms with Gasteiger partial charge in [0, 0.05) is 18.4 Å². The van der Waals surface area contributed by atoms with E-state index in [1.165, 1.54) is 35.1 Å². The maximum atomic E-state index is 13.1. The maximum Gasteiger partial charge on any atom is 0.407 e. The van der Waals surface area contributed by atoms with Crippen LogP contribution in [0, 0.1) is 23.1 Å². The molecule has 1 aromatic carbocycles. The van der Waals surface area contributed by atoms with Crippen molar-refractivity contribution in [3.63, 3.8) is 0 Å². The molecule has 0 bridgehead atoms. The number of hydrogen-bond donors (Lipinski definition) is 3. The number of carboxylic acid groups (broad SMARTS) is 1. The monoisotopic (exact) mass is 418 g/mol. The average Bonchev–Trinajstić information content (AvgIpc) is 3.13. The van der Waals surface area contributed by atoms with Crippen LogP contribution in [-0.4, -0.2) is 51.0 Å². The fourth-order valence-corrected chi connectivity index (χ4v) is 3.72. The maximum absolute atomic E-state index is 13.1. The standard InChI is InChI=1S/C19H20F2N6O3/c20-7-5-15-13(9-22)16(6-8-26(15)19(29)30)27-10-14(17(23)28)18(25-27)24-12-3-1-11(21)2-4-12/h1-4,10,13,15-16H,5-8H2,(H2,23,28)(H,24,25)(H,29,30). The van der Waals surface area contributed by atoms with E-state index in [1.54, 1.807) is 0 Å². The van der Waals surface area contributed by atoms with Gasteiger partial charge in [0.25, 0.3) is 5.91 Å². The van der Waals surface area contributed by atoms with Crippen molar-refractivity contribution >= 4 is 23.5 Å². The van der Waals surface area contributed by atoms with Crippen LogP contribution in [-0.2, 0) is 0 Å². The van der Waals surface area contributed by atoms with E-state index in [1.807, 2.05) is 0 Å². The fourth-order valence-electron chi connectivity index (χ4n) is 3.72. The van der Waals surface area contributed by atoms with Crippen molar-refractivity contribution in [2.75, 3.05) is 18.5 Å². The Labute approximate surface area is 170 Å². The average molecular weight is 418 g/mol. The highest BCUT2D eigenvalue weighted by Crippen LogP contribution is 2.35. The topological polar surface area (TPSA) is 137 Å². The molecule has 0 radical (unpaired) electrons. The number of nitrogens with two attached hydrogens (primary N) is 1. The normalized spacial score (nSPS) is 21.1. The Morgan fingerprint density at radius 1 is 1.37 bits per heavy atom. The molecule has 11 heteroatoms. The van der Waals surface area contributed by atoms with Crippen LogP contribution in [0.1, 0.15) is 29.2 Å². The molecule has 0 aliphatic carbocycles. The number of carbonyl (C=O) groups is 2. The smallest absolute Gasteiger partial charge is 0.407 e. The van der Waals surface area contributed by atoms with Gasteiger partial charge in [-0.15, -0.1) is 0 Å². The highest BCUT2D eigenvalue weighted by molar-refractivity contribution is 5.98. The summed E-state index contributed by atoms with van der Waals surface area (Å²) in [4.78, 5) is 24.5. The lowest BCUT2D eigenvalue weighted by Gasteiger charge is -2.41. The lowest BCUT2D eigenvalue weighted by molar-refractivity contribution is 0.0602. The van der Waals surface area contributed by atoms with Gasteiger partial charge in [-0.3, -0.25) is 13.9 Å². The summed E-state index contributed by atoms with van der Waals surface area (Å²) in [6.07, 6.45) is 0.296. The van der Waals surface area contributed by atoms with Gasteiger partial charge in [-0.1, -0.05) is 0 Å². The minimum atomic E-state index is -1.22. The molecule has 0 saturated carbocycles. The number of aromatic nitrogens is 2. The quantitative estimate of drug-likeness (QED) is 0.659. The molecule has 158 valence electrons. The highest BCUT2D eigenvalue weighted by atomic mass is 19.1. The number of nitrogens with one attached hydrogen (secondary N) is 1. The van der Waals surface area contributed by atoms with Gasteiger partial charge in [-0.2, -0.15) is 10.4 Å². The molecule has 4 N–H and O–H groups in total. The molecular formula is C19H20F2N6O3. The Morgan fingerprint density at radius 2 is 2.07 bits per heavy atom. The third kappa shape index (κ3) is 4.17. The van der Waals surface area contributed by atoms with Crippen molar-refractivity contribution in [3.05, 3.63) is 41.8 Å². The number of rotatable bonds is 6. The number of benzene rings is 1. The van der Waals surface area contributed by atoms with E-state index < -0.39 is 42.5 Å². The SMILES string of the molecule is N#CC1C(CCF)N(C(=O)O)CCC1n1cc(C(N)=O)c(Nc2ccc(F)cc2)n1. The van der Waals surface area contributed by atoms with Gasteiger partial charge in [0.15, 0.2) is 5.82 Å². The van der Waals surface area contributed by atoms with Gasteiger partial charge in [-0.25, -0.2) is 9.18 Å². The summed E-state index contributed by atoms with van der Waals surface area (Å²) in [6, 6.07) is 6.04. The summed E-state index contributed by atoms with van der Waals surface area (Å²) in [5.41, 5.74) is 5.97. The summed E-state index contributed by atoms with van der Waals surface area (Å²) >= 11 is 0. The molecule has 1 aromatic heterocycles. The first-order valence-corrected chi connectivity index (χ1v) is 9.22. The summed E-state index contributed by atoms with van der Waals surface area (Å²) in [6.45, 7) is -0.683. The van der Waals surface area contributed by atoms with Gasteiger partial charge >= 0.3 is 6.09 Å². The number of anilines is 2. The molecule has 2 heterocycles. The fraction of sp³-hybridized carbons (Fsp3) is 0.368. The van der Waals surface area contributed by atoms with E-state index in [9.17, 15) is 28.7 Å². The van der Waals surface area contributed by atoms with Crippen LogP contribution in [0.15, 0.2) is 30.5 Å². The summed E-state index contributed by atoms with van der Waals surface area (Å²) in [5.74, 6) is -1.94. The van der Waals surface area contributed by atoms with Crippen molar-refractivity contribution in [2.24, 2.45) is 11.7 Å². The first kappa shape index (κ1) is 21.0. The number of amides is 2. The number of nitriles is 1. The molecule has 3 atom stereocenters. The lowest BCUT2D eigenvalue weighted by Crippen LogP contribution is -2.51. The largest absolute Gasteiger partial charge is 0.465 e.